The lowest BCUT2D eigenvalue weighted by Gasteiger charge is -1.83. The van der Waals surface area contributed by atoms with Crippen LogP contribution in [-0.2, 0) is 0 Å². The molecule has 1 aromatic rings. The molecule has 0 amide bonds. The van der Waals surface area contributed by atoms with Gasteiger partial charge in [0.05, 0.1) is 0 Å². The monoisotopic (exact) mass is 141 g/mol. The second-order valence-corrected chi connectivity index (χ2v) is 2.24. The van der Waals surface area contributed by atoms with E-state index in [1.54, 1.807) is 0 Å². The van der Waals surface area contributed by atoms with Gasteiger partial charge in [0.15, 0.2) is 0 Å². The van der Waals surface area contributed by atoms with Crippen LogP contribution in [0.1, 0.15) is 11.4 Å². The number of nitrogens with two attached hydrogens (primary N) is 1. The minimum absolute atomic E-state index is 0.333. The van der Waals surface area contributed by atoms with E-state index in [2.05, 4.69) is 22.4 Å². The first-order valence-corrected chi connectivity index (χ1v) is 2.93. The first-order chi connectivity index (χ1) is 4.20. The van der Waals surface area contributed by atoms with Crippen molar-refractivity contribution in [3.63, 3.8) is 0 Å². The molecule has 3 nitrogen and oxygen atoms in total. The van der Waals surface area contributed by atoms with Crippen molar-refractivity contribution in [3.05, 3.63) is 17.5 Å². The number of aryl methyl sites for hydroxylation is 1. The molecule has 0 aliphatic carbocycles. The summed E-state index contributed by atoms with van der Waals surface area (Å²) in [4.78, 5) is 0.333. The average molecular weight is 141 g/mol. The Bertz CT molecular complexity index is 228. The van der Waals surface area contributed by atoms with Gasteiger partial charge in [-0.3, -0.25) is 5.10 Å². The van der Waals surface area contributed by atoms with Gasteiger partial charge >= 0.3 is 0 Å². The normalized spacial score (nSPS) is 9.44. The largest absolute Gasteiger partial charge is 0.388 e. The van der Waals surface area contributed by atoms with E-state index in [4.69, 9.17) is 5.73 Å². The predicted octanol–water partition coefficient (Wildman–Crippen LogP) is 0.352. The molecule has 1 aromatic heterocycles. The molecule has 0 saturated heterocycles. The van der Waals surface area contributed by atoms with Crippen molar-refractivity contribution < 1.29 is 0 Å². The van der Waals surface area contributed by atoms with E-state index >= 15 is 0 Å². The van der Waals surface area contributed by atoms with E-state index in [0.29, 0.717) is 10.7 Å². The predicted molar refractivity (Wildman–Crippen MR) is 39.2 cm³/mol. The standard InChI is InChI=1S/C5H7N3S/c1-3-2-4(5(6)9)8-7-3/h2H,1H3,(H2,6,9)(H,7,8). The van der Waals surface area contributed by atoms with Crippen LogP contribution in [0, 0.1) is 6.92 Å². The van der Waals surface area contributed by atoms with Crippen LogP contribution in [0.25, 0.3) is 0 Å². The Hall–Kier alpha value is -0.900. The highest BCUT2D eigenvalue weighted by Crippen LogP contribution is 1.95. The highest BCUT2D eigenvalue weighted by atomic mass is 32.1. The second kappa shape index (κ2) is 2.14. The number of H-pyrrole nitrogens is 1. The summed E-state index contributed by atoms with van der Waals surface area (Å²) in [6, 6.07) is 1.81. The Labute approximate surface area is 58.3 Å². The van der Waals surface area contributed by atoms with Gasteiger partial charge in [0.2, 0.25) is 0 Å². The fourth-order valence-electron chi connectivity index (χ4n) is 0.544. The number of nitrogens with one attached hydrogen (secondary N) is 1. The molecule has 0 fully saturated rings. The van der Waals surface area contributed by atoms with E-state index in [-0.39, 0.29) is 0 Å². The van der Waals surface area contributed by atoms with Crippen molar-refractivity contribution >= 4 is 17.2 Å². The number of nitrogens with zero attached hydrogens (tertiary/aromatic N) is 1. The average Bonchev–Trinajstić information content (AvgIpc) is 2.14. The van der Waals surface area contributed by atoms with Gasteiger partial charge in [0, 0.05) is 5.69 Å². The molecule has 0 aromatic carbocycles. The molecule has 0 aliphatic rings. The number of aromatic amines is 1. The number of hydrogen-bond donors (Lipinski definition) is 2. The second-order valence-electron chi connectivity index (χ2n) is 1.80. The summed E-state index contributed by atoms with van der Waals surface area (Å²) >= 11 is 4.67. The van der Waals surface area contributed by atoms with Crippen LogP contribution in [0.2, 0.25) is 0 Å². The van der Waals surface area contributed by atoms with Crippen LogP contribution in [0.5, 0.6) is 0 Å². The first-order valence-electron chi connectivity index (χ1n) is 2.52. The van der Waals surface area contributed by atoms with Gasteiger partial charge in [0.1, 0.15) is 10.7 Å². The Kier molecular flexibility index (Phi) is 1.48. The molecule has 0 bridgehead atoms. The van der Waals surface area contributed by atoms with Gasteiger partial charge in [-0.2, -0.15) is 5.10 Å². The zero-order chi connectivity index (χ0) is 6.85. The lowest BCUT2D eigenvalue weighted by Crippen LogP contribution is -2.09. The minimum atomic E-state index is 0.333. The summed E-state index contributed by atoms with van der Waals surface area (Å²) in [6.07, 6.45) is 0. The van der Waals surface area contributed by atoms with Gasteiger partial charge in [-0.25, -0.2) is 0 Å². The van der Waals surface area contributed by atoms with Crippen LogP contribution >= 0.6 is 12.2 Å². The van der Waals surface area contributed by atoms with Gasteiger partial charge in [-0.15, -0.1) is 0 Å². The van der Waals surface area contributed by atoms with Crippen LogP contribution in [0.3, 0.4) is 0 Å². The van der Waals surface area contributed by atoms with Gasteiger partial charge in [0.25, 0.3) is 0 Å². The smallest absolute Gasteiger partial charge is 0.124 e. The molecular weight excluding hydrogens is 134 g/mol. The maximum absolute atomic E-state index is 5.28. The third-order valence-electron chi connectivity index (χ3n) is 0.958. The lowest BCUT2D eigenvalue weighted by molar-refractivity contribution is 1.04. The molecule has 0 aliphatic heterocycles. The summed E-state index contributed by atoms with van der Waals surface area (Å²) in [7, 11) is 0. The maximum Gasteiger partial charge on any atom is 0.124 e. The number of thiocarbonyl (C=S) groups is 1. The molecule has 1 rings (SSSR count). The SMILES string of the molecule is Cc1cc(C(N)=S)n[nH]1. The Balaban J connectivity index is 2.98. The van der Waals surface area contributed by atoms with E-state index < -0.39 is 0 Å². The van der Waals surface area contributed by atoms with Crippen molar-refractivity contribution in [2.45, 2.75) is 6.92 Å². The molecule has 48 valence electrons. The highest BCUT2D eigenvalue weighted by Gasteiger charge is 1.97. The van der Waals surface area contributed by atoms with Gasteiger partial charge in [-0.1, -0.05) is 12.2 Å². The van der Waals surface area contributed by atoms with Crippen LogP contribution in [0.4, 0.5) is 0 Å². The summed E-state index contributed by atoms with van der Waals surface area (Å²) in [6.45, 7) is 1.90. The number of rotatable bonds is 1. The summed E-state index contributed by atoms with van der Waals surface area (Å²) in [5.74, 6) is 0. The van der Waals surface area contributed by atoms with Crippen LogP contribution in [-0.4, -0.2) is 15.2 Å². The number of hydrogen-bond acceptors (Lipinski definition) is 2. The minimum Gasteiger partial charge on any atom is -0.388 e. The molecule has 4 heteroatoms. The first kappa shape index (κ1) is 6.22. The molecule has 0 saturated carbocycles. The Morgan fingerprint density at radius 3 is 2.78 bits per heavy atom. The maximum atomic E-state index is 5.28. The third kappa shape index (κ3) is 1.26. The topological polar surface area (TPSA) is 54.7 Å². The van der Waals surface area contributed by atoms with Crippen molar-refractivity contribution in [3.8, 4) is 0 Å². The van der Waals surface area contributed by atoms with Crippen LogP contribution < -0.4 is 5.73 Å². The van der Waals surface area contributed by atoms with Crippen molar-refractivity contribution in [1.29, 1.82) is 0 Å². The van der Waals surface area contributed by atoms with Crippen molar-refractivity contribution in [2.75, 3.05) is 0 Å². The molecule has 3 N–H and O–H groups in total. The summed E-state index contributed by atoms with van der Waals surface area (Å²) in [5.41, 5.74) is 6.90. The third-order valence-corrected chi connectivity index (χ3v) is 1.17. The Morgan fingerprint density at radius 1 is 1.89 bits per heavy atom. The molecule has 0 spiro atoms. The summed E-state index contributed by atoms with van der Waals surface area (Å²) in [5, 5.41) is 6.56. The highest BCUT2D eigenvalue weighted by molar-refractivity contribution is 7.80. The fraction of sp³-hybridized carbons (Fsp3) is 0.200. The van der Waals surface area contributed by atoms with Gasteiger partial charge < -0.3 is 5.73 Å². The quantitative estimate of drug-likeness (QED) is 0.555. The van der Waals surface area contributed by atoms with Gasteiger partial charge in [-0.05, 0) is 13.0 Å². The molecular formula is C5H7N3S. The fourth-order valence-corrected chi connectivity index (χ4v) is 0.649. The van der Waals surface area contributed by atoms with Crippen molar-refractivity contribution in [2.24, 2.45) is 5.73 Å². The molecule has 0 unspecified atom stereocenters. The molecule has 9 heavy (non-hydrogen) atoms. The van der Waals surface area contributed by atoms with E-state index in [0.717, 1.165) is 5.69 Å². The van der Waals surface area contributed by atoms with E-state index in [1.165, 1.54) is 0 Å². The van der Waals surface area contributed by atoms with Crippen molar-refractivity contribution in [1.82, 2.24) is 10.2 Å². The van der Waals surface area contributed by atoms with Crippen LogP contribution in [0.15, 0.2) is 6.07 Å². The molecule has 1 heterocycles. The lowest BCUT2D eigenvalue weighted by atomic mass is 10.4. The van der Waals surface area contributed by atoms with E-state index in [1.807, 2.05) is 13.0 Å². The number of aromatic nitrogens is 2. The molecule has 0 radical (unpaired) electrons. The zero-order valence-corrected chi connectivity index (χ0v) is 5.83. The van der Waals surface area contributed by atoms with E-state index in [9.17, 15) is 0 Å². The zero-order valence-electron chi connectivity index (χ0n) is 5.01. The Morgan fingerprint density at radius 2 is 2.56 bits per heavy atom. The summed E-state index contributed by atoms with van der Waals surface area (Å²) < 4.78 is 0. The molecule has 0 atom stereocenters.